The molecule has 0 aliphatic heterocycles. The highest BCUT2D eigenvalue weighted by molar-refractivity contribution is 5.94. The minimum absolute atomic E-state index is 0.139. The number of amides is 1. The van der Waals surface area contributed by atoms with Crippen molar-refractivity contribution in [2.45, 2.75) is 19.3 Å². The van der Waals surface area contributed by atoms with Gasteiger partial charge in [0.1, 0.15) is 0 Å². The molecule has 1 aromatic rings. The zero-order chi connectivity index (χ0) is 13.8. The van der Waals surface area contributed by atoms with Gasteiger partial charge >= 0.3 is 0 Å². The number of aliphatic hydroxyl groups is 1. The molecule has 1 fully saturated rings. The first kappa shape index (κ1) is 13.6. The predicted molar refractivity (Wildman–Crippen MR) is 69.0 cm³/mol. The van der Waals surface area contributed by atoms with Gasteiger partial charge in [-0.25, -0.2) is 0 Å². The summed E-state index contributed by atoms with van der Waals surface area (Å²) in [7, 11) is 0. The summed E-state index contributed by atoms with van der Waals surface area (Å²) in [6, 6.07) is 2.36. The fourth-order valence-corrected chi connectivity index (χ4v) is 2.61. The molecule has 1 saturated carbocycles. The van der Waals surface area contributed by atoms with E-state index < -0.39 is 5.56 Å². The van der Waals surface area contributed by atoms with Crippen molar-refractivity contribution in [3.63, 3.8) is 0 Å². The summed E-state index contributed by atoms with van der Waals surface area (Å²) in [6.45, 7) is 0.629. The molecule has 2 atom stereocenters. The summed E-state index contributed by atoms with van der Waals surface area (Å²) in [4.78, 5) is 25.2. The smallest absolute Gasteiger partial charge is 0.251 e. The molecule has 1 aliphatic carbocycles. The van der Waals surface area contributed by atoms with Crippen LogP contribution in [-0.4, -0.2) is 34.3 Å². The van der Waals surface area contributed by atoms with Crippen LogP contribution in [-0.2, 0) is 0 Å². The lowest BCUT2D eigenvalue weighted by Crippen LogP contribution is -2.32. The summed E-state index contributed by atoms with van der Waals surface area (Å²) >= 11 is 0. The van der Waals surface area contributed by atoms with Crippen LogP contribution in [0.3, 0.4) is 0 Å². The van der Waals surface area contributed by atoms with Crippen LogP contribution < -0.4 is 10.9 Å². The minimum Gasteiger partial charge on any atom is -0.494 e. The highest BCUT2D eigenvalue weighted by atomic mass is 16.3. The number of aromatic hydroxyl groups is 1. The normalized spacial score (nSPS) is 22.4. The van der Waals surface area contributed by atoms with Crippen molar-refractivity contribution < 1.29 is 15.0 Å². The molecule has 0 bridgehead atoms. The Bertz CT molecular complexity index is 512. The van der Waals surface area contributed by atoms with E-state index in [0.29, 0.717) is 6.54 Å². The van der Waals surface area contributed by atoms with Crippen LogP contribution in [0.15, 0.2) is 16.9 Å². The SMILES string of the molecule is O=C(NCC1CCCC1CO)c1cc(O)[nH]c(=O)c1. The van der Waals surface area contributed by atoms with Gasteiger partial charge < -0.3 is 15.5 Å². The van der Waals surface area contributed by atoms with Gasteiger partial charge in [-0.1, -0.05) is 6.42 Å². The number of aromatic amines is 1. The number of hydrogen-bond donors (Lipinski definition) is 4. The maximum Gasteiger partial charge on any atom is 0.251 e. The number of aromatic nitrogens is 1. The molecular formula is C13H18N2O4. The zero-order valence-electron chi connectivity index (χ0n) is 10.6. The van der Waals surface area contributed by atoms with E-state index in [9.17, 15) is 19.8 Å². The number of H-pyrrole nitrogens is 1. The quantitative estimate of drug-likeness (QED) is 0.626. The number of carbonyl (C=O) groups is 1. The standard InChI is InChI=1S/C13H18N2O4/c16-7-9-3-1-2-8(9)6-14-13(19)10-4-11(17)15-12(18)5-10/h4-5,8-9,16H,1-3,6-7H2,(H,14,19)(H2,15,17,18). The Morgan fingerprint density at radius 3 is 2.79 bits per heavy atom. The van der Waals surface area contributed by atoms with E-state index in [1.807, 2.05) is 0 Å². The molecule has 19 heavy (non-hydrogen) atoms. The van der Waals surface area contributed by atoms with Crippen molar-refractivity contribution in [1.29, 1.82) is 0 Å². The molecule has 6 heteroatoms. The van der Waals surface area contributed by atoms with Crippen LogP contribution >= 0.6 is 0 Å². The fourth-order valence-electron chi connectivity index (χ4n) is 2.61. The van der Waals surface area contributed by atoms with E-state index in [1.54, 1.807) is 0 Å². The monoisotopic (exact) mass is 266 g/mol. The van der Waals surface area contributed by atoms with E-state index in [-0.39, 0.29) is 35.8 Å². The molecule has 1 aromatic heterocycles. The van der Waals surface area contributed by atoms with E-state index in [2.05, 4.69) is 10.3 Å². The minimum atomic E-state index is -0.515. The third-order valence-electron chi connectivity index (χ3n) is 3.67. The molecule has 0 spiro atoms. The average Bonchev–Trinajstić information content (AvgIpc) is 2.82. The van der Waals surface area contributed by atoms with Gasteiger partial charge in [-0.2, -0.15) is 0 Å². The zero-order valence-corrected chi connectivity index (χ0v) is 10.6. The molecule has 4 N–H and O–H groups in total. The van der Waals surface area contributed by atoms with E-state index >= 15 is 0 Å². The Balaban J connectivity index is 1.96. The molecule has 2 rings (SSSR count). The van der Waals surface area contributed by atoms with Gasteiger partial charge in [0, 0.05) is 25.3 Å². The highest BCUT2D eigenvalue weighted by Crippen LogP contribution is 2.30. The van der Waals surface area contributed by atoms with Crippen LogP contribution in [0.1, 0.15) is 29.6 Å². The van der Waals surface area contributed by atoms with E-state index in [4.69, 9.17) is 0 Å². The van der Waals surface area contributed by atoms with Gasteiger partial charge in [0.2, 0.25) is 0 Å². The topological polar surface area (TPSA) is 102 Å². The second-order valence-corrected chi connectivity index (χ2v) is 4.96. The molecule has 2 unspecified atom stereocenters. The van der Waals surface area contributed by atoms with E-state index in [1.165, 1.54) is 6.07 Å². The second-order valence-electron chi connectivity index (χ2n) is 4.96. The molecule has 0 radical (unpaired) electrons. The molecule has 104 valence electrons. The predicted octanol–water partition coefficient (Wildman–Crippen LogP) is 0.219. The Kier molecular flexibility index (Phi) is 4.21. The van der Waals surface area contributed by atoms with Gasteiger partial charge in [-0.15, -0.1) is 0 Å². The lowest BCUT2D eigenvalue weighted by atomic mass is 9.97. The van der Waals surface area contributed by atoms with Crippen molar-refractivity contribution >= 4 is 5.91 Å². The summed E-state index contributed by atoms with van der Waals surface area (Å²) in [5, 5.41) is 21.2. The number of hydrogen-bond acceptors (Lipinski definition) is 4. The maximum absolute atomic E-state index is 11.9. The number of pyridine rings is 1. The first-order valence-electron chi connectivity index (χ1n) is 6.42. The first-order valence-corrected chi connectivity index (χ1v) is 6.42. The van der Waals surface area contributed by atoms with Crippen molar-refractivity contribution in [2.24, 2.45) is 11.8 Å². The average molecular weight is 266 g/mol. The molecule has 1 heterocycles. The summed E-state index contributed by atoms with van der Waals surface area (Å²) in [5.41, 5.74) is -0.376. The van der Waals surface area contributed by atoms with Crippen molar-refractivity contribution in [1.82, 2.24) is 10.3 Å². The molecule has 1 amide bonds. The Morgan fingerprint density at radius 1 is 1.37 bits per heavy atom. The Labute approximate surface area is 110 Å². The molecular weight excluding hydrogens is 248 g/mol. The summed E-state index contributed by atoms with van der Waals surface area (Å²) in [6.07, 6.45) is 3.05. The van der Waals surface area contributed by atoms with Gasteiger partial charge in [-0.05, 0) is 24.7 Å². The molecule has 1 aliphatic rings. The fraction of sp³-hybridized carbons (Fsp3) is 0.538. The van der Waals surface area contributed by atoms with Gasteiger partial charge in [-0.3, -0.25) is 14.6 Å². The van der Waals surface area contributed by atoms with Crippen LogP contribution in [0, 0.1) is 11.8 Å². The number of rotatable bonds is 4. The lowest BCUT2D eigenvalue weighted by Gasteiger charge is -2.17. The Hall–Kier alpha value is -1.82. The van der Waals surface area contributed by atoms with Gasteiger partial charge in [0.25, 0.3) is 11.5 Å². The highest BCUT2D eigenvalue weighted by Gasteiger charge is 2.26. The number of nitrogens with one attached hydrogen (secondary N) is 2. The maximum atomic E-state index is 11.9. The van der Waals surface area contributed by atoms with Crippen molar-refractivity contribution in [3.8, 4) is 5.88 Å². The van der Waals surface area contributed by atoms with E-state index in [0.717, 1.165) is 25.3 Å². The molecule has 0 saturated heterocycles. The van der Waals surface area contributed by atoms with Crippen LogP contribution in [0.25, 0.3) is 0 Å². The number of aliphatic hydroxyl groups excluding tert-OH is 1. The third-order valence-corrected chi connectivity index (χ3v) is 3.67. The summed E-state index contributed by atoms with van der Waals surface area (Å²) < 4.78 is 0. The first-order chi connectivity index (χ1) is 9.10. The lowest BCUT2D eigenvalue weighted by molar-refractivity contribution is 0.0937. The molecule has 0 aromatic carbocycles. The Morgan fingerprint density at radius 2 is 2.11 bits per heavy atom. The van der Waals surface area contributed by atoms with Gasteiger partial charge in [0.15, 0.2) is 5.88 Å². The number of carbonyl (C=O) groups excluding carboxylic acids is 1. The summed E-state index contributed by atoms with van der Waals surface area (Å²) in [5.74, 6) is -0.186. The van der Waals surface area contributed by atoms with Crippen LogP contribution in [0.2, 0.25) is 0 Å². The van der Waals surface area contributed by atoms with Crippen LogP contribution in [0.4, 0.5) is 0 Å². The van der Waals surface area contributed by atoms with Crippen LogP contribution in [0.5, 0.6) is 5.88 Å². The second kappa shape index (κ2) is 5.88. The van der Waals surface area contributed by atoms with Crippen molar-refractivity contribution in [3.05, 3.63) is 28.0 Å². The largest absolute Gasteiger partial charge is 0.494 e. The third kappa shape index (κ3) is 3.35. The molecule has 6 nitrogen and oxygen atoms in total. The van der Waals surface area contributed by atoms with Crippen molar-refractivity contribution in [2.75, 3.05) is 13.2 Å². The van der Waals surface area contributed by atoms with Gasteiger partial charge in [0.05, 0.1) is 5.56 Å².